The van der Waals surface area contributed by atoms with Gasteiger partial charge in [-0.3, -0.25) is 4.79 Å². The van der Waals surface area contributed by atoms with Gasteiger partial charge < -0.3 is 4.74 Å². The minimum atomic E-state index is -2.90. The summed E-state index contributed by atoms with van der Waals surface area (Å²) in [6, 6.07) is 25.0. The first-order chi connectivity index (χ1) is 15.1. The van der Waals surface area contributed by atoms with Gasteiger partial charge in [-0.05, 0) is 48.6 Å². The van der Waals surface area contributed by atoms with Crippen LogP contribution in [0.3, 0.4) is 0 Å². The Labute approximate surface area is 178 Å². The van der Waals surface area contributed by atoms with Crippen LogP contribution in [0, 0.1) is 0 Å². The van der Waals surface area contributed by atoms with Gasteiger partial charge in [0.1, 0.15) is 5.75 Å². The van der Waals surface area contributed by atoms with Crippen molar-refractivity contribution in [2.24, 2.45) is 0 Å². The molecule has 1 aromatic heterocycles. The van der Waals surface area contributed by atoms with Crippen LogP contribution in [0.1, 0.15) is 15.9 Å². The maximum atomic E-state index is 12.6. The maximum Gasteiger partial charge on any atom is 0.387 e. The van der Waals surface area contributed by atoms with E-state index in [1.807, 2.05) is 66.9 Å². The van der Waals surface area contributed by atoms with Crippen molar-refractivity contribution in [2.45, 2.75) is 6.61 Å². The molecule has 154 valence electrons. The highest BCUT2D eigenvalue weighted by molar-refractivity contribution is 6.07. The fourth-order valence-corrected chi connectivity index (χ4v) is 3.10. The first-order valence-electron chi connectivity index (χ1n) is 9.58. The molecule has 1 heterocycles. The Bertz CT molecular complexity index is 1190. The molecule has 4 rings (SSSR count). The summed E-state index contributed by atoms with van der Waals surface area (Å²) >= 11 is 0. The van der Waals surface area contributed by atoms with Gasteiger partial charge in [0.05, 0.1) is 11.4 Å². The molecule has 0 atom stereocenters. The third-order valence-electron chi connectivity index (χ3n) is 4.59. The lowest BCUT2D eigenvalue weighted by molar-refractivity contribution is -0.0498. The number of halogens is 2. The number of hydrogen-bond donors (Lipinski definition) is 0. The zero-order valence-electron chi connectivity index (χ0n) is 16.4. The number of para-hydroxylation sites is 1. The molecule has 0 aliphatic heterocycles. The van der Waals surface area contributed by atoms with Crippen molar-refractivity contribution in [3.05, 3.63) is 108 Å². The van der Waals surface area contributed by atoms with E-state index in [2.05, 4.69) is 4.74 Å². The van der Waals surface area contributed by atoms with Crippen LogP contribution in [0.25, 0.3) is 23.0 Å². The average molecular weight is 416 g/mol. The quantitative estimate of drug-likeness (QED) is 0.273. The molecule has 0 aliphatic carbocycles. The molecule has 0 amide bonds. The van der Waals surface area contributed by atoms with Gasteiger partial charge in [-0.1, -0.05) is 48.5 Å². The molecule has 0 saturated heterocycles. The van der Waals surface area contributed by atoms with Crippen LogP contribution in [0.5, 0.6) is 5.75 Å². The van der Waals surface area contributed by atoms with E-state index in [1.165, 1.54) is 30.3 Å². The Morgan fingerprint density at radius 3 is 2.19 bits per heavy atom. The summed E-state index contributed by atoms with van der Waals surface area (Å²) in [7, 11) is 0. The van der Waals surface area contributed by atoms with E-state index in [-0.39, 0.29) is 11.5 Å². The van der Waals surface area contributed by atoms with E-state index in [9.17, 15) is 13.6 Å². The molecule has 3 aromatic carbocycles. The lowest BCUT2D eigenvalue weighted by Gasteiger charge is -2.04. The van der Waals surface area contributed by atoms with Gasteiger partial charge >= 0.3 is 6.61 Å². The Morgan fingerprint density at radius 2 is 1.55 bits per heavy atom. The van der Waals surface area contributed by atoms with Crippen molar-refractivity contribution in [1.82, 2.24) is 9.78 Å². The fraction of sp³-hybridized carbons (Fsp3) is 0.0400. The largest absolute Gasteiger partial charge is 0.435 e. The summed E-state index contributed by atoms with van der Waals surface area (Å²) in [6.07, 6.45) is 5.02. The van der Waals surface area contributed by atoms with Crippen LogP contribution in [0.15, 0.2) is 97.2 Å². The molecule has 0 N–H and O–H groups in total. The van der Waals surface area contributed by atoms with E-state index in [0.717, 1.165) is 22.5 Å². The zero-order chi connectivity index (χ0) is 21.6. The Hall–Kier alpha value is -4.06. The standard InChI is InChI=1S/C25H18F2N2O2/c26-25(27)31-22-14-11-18(12-15-22)23(30)16-13-20-17-29(21-9-5-2-6-10-21)28-24(20)19-7-3-1-4-8-19/h1-17,25H/b16-13+. The number of ether oxygens (including phenoxy) is 1. The molecule has 0 saturated carbocycles. The topological polar surface area (TPSA) is 44.1 Å². The third kappa shape index (κ3) is 4.93. The van der Waals surface area contributed by atoms with Crippen LogP contribution in [-0.2, 0) is 0 Å². The average Bonchev–Trinajstić information content (AvgIpc) is 3.23. The minimum Gasteiger partial charge on any atom is -0.435 e. The molecular formula is C25H18F2N2O2. The number of carbonyl (C=O) groups excluding carboxylic acids is 1. The number of carbonyl (C=O) groups is 1. The Balaban J connectivity index is 1.63. The molecule has 0 radical (unpaired) electrons. The predicted molar refractivity (Wildman–Crippen MR) is 115 cm³/mol. The second kappa shape index (κ2) is 9.17. The molecule has 4 nitrogen and oxygen atoms in total. The van der Waals surface area contributed by atoms with Crippen LogP contribution >= 0.6 is 0 Å². The van der Waals surface area contributed by atoms with Crippen molar-refractivity contribution in [2.75, 3.05) is 0 Å². The molecule has 0 bridgehead atoms. The Kier molecular flexibility index (Phi) is 5.98. The molecular weight excluding hydrogens is 398 g/mol. The summed E-state index contributed by atoms with van der Waals surface area (Å²) in [6.45, 7) is -2.90. The summed E-state index contributed by atoms with van der Waals surface area (Å²) in [5, 5.41) is 4.71. The second-order valence-electron chi connectivity index (χ2n) is 6.68. The molecule has 31 heavy (non-hydrogen) atoms. The number of aromatic nitrogens is 2. The van der Waals surface area contributed by atoms with Crippen molar-refractivity contribution in [3.63, 3.8) is 0 Å². The fourth-order valence-electron chi connectivity index (χ4n) is 3.10. The van der Waals surface area contributed by atoms with Gasteiger partial charge in [-0.2, -0.15) is 13.9 Å². The smallest absolute Gasteiger partial charge is 0.387 e. The highest BCUT2D eigenvalue weighted by atomic mass is 19.3. The number of alkyl halides is 2. The van der Waals surface area contributed by atoms with Gasteiger partial charge in [-0.25, -0.2) is 4.68 Å². The second-order valence-corrected chi connectivity index (χ2v) is 6.68. The number of rotatable bonds is 7. The van der Waals surface area contributed by atoms with Gasteiger partial charge in [0, 0.05) is 22.9 Å². The molecule has 6 heteroatoms. The van der Waals surface area contributed by atoms with E-state index in [0.29, 0.717) is 5.56 Å². The van der Waals surface area contributed by atoms with Crippen LogP contribution < -0.4 is 4.74 Å². The van der Waals surface area contributed by atoms with Gasteiger partial charge in [-0.15, -0.1) is 0 Å². The first kappa shape index (κ1) is 20.2. The molecule has 4 aromatic rings. The number of benzene rings is 3. The summed E-state index contributed by atoms with van der Waals surface area (Å²) in [5.74, 6) is -0.249. The number of ketones is 1. The van der Waals surface area contributed by atoms with E-state index < -0.39 is 6.61 Å². The van der Waals surface area contributed by atoms with Crippen molar-refractivity contribution in [1.29, 1.82) is 0 Å². The van der Waals surface area contributed by atoms with Crippen LogP contribution in [0.4, 0.5) is 8.78 Å². The van der Waals surface area contributed by atoms with Crippen molar-refractivity contribution in [3.8, 4) is 22.7 Å². The van der Waals surface area contributed by atoms with Crippen LogP contribution in [0.2, 0.25) is 0 Å². The molecule has 0 unspecified atom stereocenters. The lowest BCUT2D eigenvalue weighted by atomic mass is 10.1. The molecule has 0 aliphatic rings. The van der Waals surface area contributed by atoms with Gasteiger partial charge in [0.15, 0.2) is 5.78 Å². The Morgan fingerprint density at radius 1 is 0.903 bits per heavy atom. The van der Waals surface area contributed by atoms with Gasteiger partial charge in [0.25, 0.3) is 0 Å². The zero-order valence-corrected chi connectivity index (χ0v) is 16.4. The molecule has 0 fully saturated rings. The minimum absolute atomic E-state index is 0.00558. The summed E-state index contributed by atoms with van der Waals surface area (Å²) in [4.78, 5) is 12.6. The van der Waals surface area contributed by atoms with Crippen molar-refractivity contribution >= 4 is 11.9 Å². The highest BCUT2D eigenvalue weighted by Gasteiger charge is 2.11. The van der Waals surface area contributed by atoms with Crippen molar-refractivity contribution < 1.29 is 18.3 Å². The predicted octanol–water partition coefficient (Wildman–Crippen LogP) is 6.04. The number of nitrogens with zero attached hydrogens (tertiary/aromatic N) is 2. The normalized spacial score (nSPS) is 11.2. The van der Waals surface area contributed by atoms with E-state index in [1.54, 1.807) is 10.8 Å². The third-order valence-corrected chi connectivity index (χ3v) is 4.59. The lowest BCUT2D eigenvalue weighted by Crippen LogP contribution is -2.02. The number of hydrogen-bond acceptors (Lipinski definition) is 3. The number of allylic oxidation sites excluding steroid dienone is 1. The van der Waals surface area contributed by atoms with Gasteiger partial charge in [0.2, 0.25) is 0 Å². The van der Waals surface area contributed by atoms with E-state index >= 15 is 0 Å². The monoisotopic (exact) mass is 416 g/mol. The SMILES string of the molecule is O=C(/C=C/c1cn(-c2ccccc2)nc1-c1ccccc1)c1ccc(OC(F)F)cc1. The van der Waals surface area contributed by atoms with E-state index in [4.69, 9.17) is 5.10 Å². The summed E-state index contributed by atoms with van der Waals surface area (Å²) < 4.78 is 30.6. The van der Waals surface area contributed by atoms with Crippen LogP contribution in [-0.4, -0.2) is 22.2 Å². The first-order valence-corrected chi connectivity index (χ1v) is 9.58. The molecule has 0 spiro atoms. The maximum absolute atomic E-state index is 12.6. The highest BCUT2D eigenvalue weighted by Crippen LogP contribution is 2.25. The summed E-state index contributed by atoms with van der Waals surface area (Å²) in [5.41, 5.74) is 3.72.